The van der Waals surface area contributed by atoms with Crippen LogP contribution in [0.1, 0.15) is 17.5 Å². The predicted molar refractivity (Wildman–Crippen MR) is 100 cm³/mol. The van der Waals surface area contributed by atoms with E-state index in [9.17, 15) is 0 Å². The second-order valence-corrected chi connectivity index (χ2v) is 6.35. The topological polar surface area (TPSA) is 72.7 Å². The lowest BCUT2D eigenvalue weighted by molar-refractivity contribution is -0.0780. The fourth-order valence-electron chi connectivity index (χ4n) is 3.24. The van der Waals surface area contributed by atoms with Crippen LogP contribution in [-0.2, 0) is 0 Å². The van der Waals surface area contributed by atoms with Crippen molar-refractivity contribution >= 4 is 0 Å². The number of rotatable bonds is 5. The summed E-state index contributed by atoms with van der Waals surface area (Å²) in [4.78, 5) is 6.20. The molecule has 1 atom stereocenters. The van der Waals surface area contributed by atoms with E-state index in [1.807, 2.05) is 47.5 Å². The second-order valence-electron chi connectivity index (χ2n) is 6.35. The van der Waals surface area contributed by atoms with Crippen LogP contribution in [0, 0.1) is 6.92 Å². The Morgan fingerprint density at radius 1 is 1.07 bits per heavy atom. The lowest BCUT2D eigenvalue weighted by Gasteiger charge is -2.33. The van der Waals surface area contributed by atoms with Crippen molar-refractivity contribution in [3.05, 3.63) is 60.0 Å². The maximum absolute atomic E-state index is 6.20. The van der Waals surface area contributed by atoms with Crippen LogP contribution < -0.4 is 14.9 Å². The first-order valence-electron chi connectivity index (χ1n) is 8.93. The molecule has 140 valence electrons. The van der Waals surface area contributed by atoms with Crippen LogP contribution in [0.15, 0.2) is 52.9 Å². The van der Waals surface area contributed by atoms with Crippen molar-refractivity contribution in [1.29, 1.82) is 0 Å². The number of aryl methyl sites for hydroxylation is 1. The fraction of sp³-hybridized carbons (Fsp3) is 0.300. The number of para-hydroxylation sites is 2. The SMILES string of the molecule is COc1ccccc1C1CN(Oc2ccccc2-c2nnc(C)o2)CCN1. The van der Waals surface area contributed by atoms with E-state index in [4.69, 9.17) is 14.0 Å². The van der Waals surface area contributed by atoms with Gasteiger partial charge in [-0.3, -0.25) is 0 Å². The maximum atomic E-state index is 6.20. The van der Waals surface area contributed by atoms with Crippen LogP contribution in [0.2, 0.25) is 0 Å². The van der Waals surface area contributed by atoms with Gasteiger partial charge in [0.15, 0.2) is 5.75 Å². The van der Waals surface area contributed by atoms with Crippen molar-refractivity contribution in [3.63, 3.8) is 0 Å². The summed E-state index contributed by atoms with van der Waals surface area (Å²) in [5.41, 5.74) is 1.90. The van der Waals surface area contributed by atoms with Gasteiger partial charge in [0, 0.05) is 25.6 Å². The van der Waals surface area contributed by atoms with Crippen LogP contribution in [-0.4, -0.2) is 42.0 Å². The van der Waals surface area contributed by atoms with Crippen LogP contribution in [0.25, 0.3) is 11.5 Å². The standard InChI is InChI=1S/C20H22N4O3/c1-14-22-23-20(26-14)16-8-4-6-10-19(16)27-24-12-11-21-17(13-24)15-7-3-5-9-18(15)25-2/h3-10,17,21H,11-13H2,1-2H3. The smallest absolute Gasteiger partial charge is 0.251 e. The highest BCUT2D eigenvalue weighted by Crippen LogP contribution is 2.31. The molecule has 0 spiro atoms. The highest BCUT2D eigenvalue weighted by atomic mass is 16.7. The van der Waals surface area contributed by atoms with Crippen LogP contribution in [0.5, 0.6) is 11.5 Å². The Morgan fingerprint density at radius 3 is 2.63 bits per heavy atom. The average molecular weight is 366 g/mol. The number of nitrogens with one attached hydrogen (secondary N) is 1. The molecular weight excluding hydrogens is 344 g/mol. The van der Waals surface area contributed by atoms with Gasteiger partial charge >= 0.3 is 0 Å². The number of hydrogen-bond acceptors (Lipinski definition) is 7. The van der Waals surface area contributed by atoms with Gasteiger partial charge in [0.1, 0.15) is 5.75 Å². The summed E-state index contributed by atoms with van der Waals surface area (Å²) >= 11 is 0. The first-order valence-corrected chi connectivity index (χ1v) is 8.93. The normalized spacial score (nSPS) is 17.6. The number of hydroxylamine groups is 2. The number of hydrogen-bond donors (Lipinski definition) is 1. The largest absolute Gasteiger partial charge is 0.496 e. The predicted octanol–water partition coefficient (Wildman–Crippen LogP) is 2.99. The molecule has 0 amide bonds. The molecule has 1 aromatic heterocycles. The van der Waals surface area contributed by atoms with Crippen molar-refractivity contribution in [2.24, 2.45) is 0 Å². The van der Waals surface area contributed by atoms with Crippen LogP contribution >= 0.6 is 0 Å². The number of aromatic nitrogens is 2. The average Bonchev–Trinajstić information content (AvgIpc) is 3.15. The number of piperazine rings is 1. The van der Waals surface area contributed by atoms with Crippen molar-refractivity contribution in [1.82, 2.24) is 20.6 Å². The maximum Gasteiger partial charge on any atom is 0.251 e. The molecular formula is C20H22N4O3. The Morgan fingerprint density at radius 2 is 1.85 bits per heavy atom. The van der Waals surface area contributed by atoms with Gasteiger partial charge in [0.2, 0.25) is 5.89 Å². The number of nitrogens with zero attached hydrogens (tertiary/aromatic N) is 3. The Labute approximate surface area is 157 Å². The molecule has 27 heavy (non-hydrogen) atoms. The third-order valence-corrected chi connectivity index (χ3v) is 4.52. The summed E-state index contributed by atoms with van der Waals surface area (Å²) in [5, 5.41) is 13.5. The first-order chi connectivity index (χ1) is 13.2. The molecule has 0 aliphatic carbocycles. The minimum absolute atomic E-state index is 0.118. The Hall–Kier alpha value is -2.90. The molecule has 7 heteroatoms. The molecule has 1 aliphatic rings. The molecule has 1 aliphatic heterocycles. The van der Waals surface area contributed by atoms with Gasteiger partial charge in [-0.15, -0.1) is 15.3 Å². The van der Waals surface area contributed by atoms with Crippen molar-refractivity contribution in [2.45, 2.75) is 13.0 Å². The molecule has 1 N–H and O–H groups in total. The molecule has 4 rings (SSSR count). The number of methoxy groups -OCH3 is 1. The van der Waals surface area contributed by atoms with Gasteiger partial charge in [-0.05, 0) is 18.2 Å². The highest BCUT2D eigenvalue weighted by molar-refractivity contribution is 5.62. The highest BCUT2D eigenvalue weighted by Gasteiger charge is 2.25. The summed E-state index contributed by atoms with van der Waals surface area (Å²) in [6.45, 7) is 4.04. The Balaban J connectivity index is 1.54. The van der Waals surface area contributed by atoms with Gasteiger partial charge in [0.25, 0.3) is 5.89 Å². The lowest BCUT2D eigenvalue weighted by atomic mass is 10.0. The zero-order valence-corrected chi connectivity index (χ0v) is 15.4. The van der Waals surface area contributed by atoms with Gasteiger partial charge < -0.3 is 19.3 Å². The van der Waals surface area contributed by atoms with Gasteiger partial charge in [-0.25, -0.2) is 0 Å². The summed E-state index contributed by atoms with van der Waals surface area (Å²) in [6.07, 6.45) is 0. The second kappa shape index (κ2) is 7.77. The third-order valence-electron chi connectivity index (χ3n) is 4.52. The Kier molecular flexibility index (Phi) is 5.04. The molecule has 1 saturated heterocycles. The molecule has 1 unspecified atom stereocenters. The Bertz CT molecular complexity index is 912. The molecule has 1 fully saturated rings. The summed E-state index contributed by atoms with van der Waals surface area (Å²) < 4.78 is 11.1. The van der Waals surface area contributed by atoms with Crippen molar-refractivity contribution in [3.8, 4) is 23.0 Å². The quantitative estimate of drug-likeness (QED) is 0.744. The first kappa shape index (κ1) is 17.5. The van der Waals surface area contributed by atoms with E-state index in [0.29, 0.717) is 24.1 Å². The molecule has 2 heterocycles. The minimum Gasteiger partial charge on any atom is -0.496 e. The van der Waals surface area contributed by atoms with Crippen LogP contribution in [0.3, 0.4) is 0 Å². The fourth-order valence-corrected chi connectivity index (χ4v) is 3.24. The van der Waals surface area contributed by atoms with E-state index in [0.717, 1.165) is 30.0 Å². The molecule has 2 aromatic carbocycles. The van der Waals surface area contributed by atoms with Gasteiger partial charge in [0.05, 0.1) is 25.3 Å². The van der Waals surface area contributed by atoms with Gasteiger partial charge in [-0.2, -0.15) is 0 Å². The zero-order valence-electron chi connectivity index (χ0n) is 15.4. The van der Waals surface area contributed by atoms with E-state index in [1.54, 1.807) is 14.0 Å². The van der Waals surface area contributed by atoms with Crippen molar-refractivity contribution < 1.29 is 14.0 Å². The van der Waals surface area contributed by atoms with E-state index in [1.165, 1.54) is 0 Å². The van der Waals surface area contributed by atoms with Crippen molar-refractivity contribution in [2.75, 3.05) is 26.7 Å². The zero-order chi connectivity index (χ0) is 18.6. The van der Waals surface area contributed by atoms with E-state index >= 15 is 0 Å². The summed E-state index contributed by atoms with van der Waals surface area (Å²) in [5.74, 6) is 2.55. The summed E-state index contributed by atoms with van der Waals surface area (Å²) in [7, 11) is 1.69. The molecule has 0 saturated carbocycles. The van der Waals surface area contributed by atoms with Gasteiger partial charge in [-0.1, -0.05) is 30.3 Å². The molecule has 0 bridgehead atoms. The molecule has 3 aromatic rings. The molecule has 0 radical (unpaired) electrons. The lowest BCUT2D eigenvalue weighted by Crippen LogP contribution is -2.47. The summed E-state index contributed by atoms with van der Waals surface area (Å²) in [6, 6.07) is 15.9. The van der Waals surface area contributed by atoms with E-state index < -0.39 is 0 Å². The van der Waals surface area contributed by atoms with E-state index in [-0.39, 0.29) is 6.04 Å². The molecule has 7 nitrogen and oxygen atoms in total. The number of ether oxygens (including phenoxy) is 1. The van der Waals surface area contributed by atoms with E-state index in [2.05, 4.69) is 21.6 Å². The number of benzene rings is 2. The third kappa shape index (κ3) is 3.79. The van der Waals surface area contributed by atoms with Crippen LogP contribution in [0.4, 0.5) is 0 Å². The minimum atomic E-state index is 0.118. The monoisotopic (exact) mass is 366 g/mol.